The SMILES string of the molecule is O=C(c1cscn1)N1C[C@H](Oc2ncccc2F)[C@H]2OCCC[C@H]21. The standard InChI is InChI=1S/C16H16FN3O3S/c17-10-3-1-5-18-15(10)23-13-7-20(12-4-2-6-22-14(12)13)16(21)11-8-24-9-19-11/h1,3,5,8-9,12-14H,2,4,6-7H2/t12-,13+,14+/m1/s1. The summed E-state index contributed by atoms with van der Waals surface area (Å²) in [5.74, 6) is -0.711. The molecular formula is C16H16FN3O3S. The Hall–Kier alpha value is -2.06. The van der Waals surface area contributed by atoms with E-state index >= 15 is 0 Å². The number of fused-ring (bicyclic) bond motifs is 1. The van der Waals surface area contributed by atoms with E-state index in [1.165, 1.54) is 29.7 Å². The summed E-state index contributed by atoms with van der Waals surface area (Å²) in [5, 5.41) is 1.73. The van der Waals surface area contributed by atoms with Crippen molar-refractivity contribution in [1.29, 1.82) is 0 Å². The molecule has 0 N–H and O–H groups in total. The van der Waals surface area contributed by atoms with Gasteiger partial charge in [0.05, 0.1) is 18.1 Å². The van der Waals surface area contributed by atoms with Crippen LogP contribution in [0.2, 0.25) is 0 Å². The summed E-state index contributed by atoms with van der Waals surface area (Å²) in [6.45, 7) is 0.951. The van der Waals surface area contributed by atoms with Gasteiger partial charge in [-0.15, -0.1) is 11.3 Å². The van der Waals surface area contributed by atoms with E-state index in [-0.39, 0.29) is 23.9 Å². The zero-order valence-electron chi connectivity index (χ0n) is 12.8. The molecular weight excluding hydrogens is 333 g/mol. The number of carbonyl (C=O) groups excluding carboxylic acids is 1. The number of amides is 1. The van der Waals surface area contributed by atoms with Gasteiger partial charge in [0, 0.05) is 18.2 Å². The van der Waals surface area contributed by atoms with Crippen LogP contribution in [0.15, 0.2) is 29.2 Å². The molecule has 4 rings (SSSR count). The van der Waals surface area contributed by atoms with Gasteiger partial charge in [-0.2, -0.15) is 0 Å². The molecule has 0 saturated carbocycles. The maximum atomic E-state index is 13.8. The highest BCUT2D eigenvalue weighted by Gasteiger charge is 2.48. The Morgan fingerprint density at radius 1 is 1.46 bits per heavy atom. The van der Waals surface area contributed by atoms with Crippen molar-refractivity contribution in [2.45, 2.75) is 31.1 Å². The number of carbonyl (C=O) groups is 1. The highest BCUT2D eigenvalue weighted by molar-refractivity contribution is 7.07. The summed E-state index contributed by atoms with van der Waals surface area (Å²) < 4.78 is 25.4. The summed E-state index contributed by atoms with van der Waals surface area (Å²) in [4.78, 5) is 22.5. The lowest BCUT2D eigenvalue weighted by atomic mass is 10.0. The van der Waals surface area contributed by atoms with Gasteiger partial charge in [-0.3, -0.25) is 4.79 Å². The molecule has 0 radical (unpaired) electrons. The van der Waals surface area contributed by atoms with Gasteiger partial charge in [-0.25, -0.2) is 14.4 Å². The van der Waals surface area contributed by atoms with E-state index in [0.717, 1.165) is 12.8 Å². The van der Waals surface area contributed by atoms with Crippen LogP contribution >= 0.6 is 11.3 Å². The lowest BCUT2D eigenvalue weighted by Crippen LogP contribution is -2.44. The Labute approximate surface area is 142 Å². The van der Waals surface area contributed by atoms with Crippen molar-refractivity contribution in [3.8, 4) is 5.88 Å². The van der Waals surface area contributed by atoms with E-state index in [9.17, 15) is 9.18 Å². The molecule has 0 bridgehead atoms. The second-order valence-corrected chi connectivity index (χ2v) is 6.54. The van der Waals surface area contributed by atoms with Crippen LogP contribution in [0.25, 0.3) is 0 Å². The molecule has 3 atom stereocenters. The number of halogens is 1. The van der Waals surface area contributed by atoms with Gasteiger partial charge in [0.25, 0.3) is 11.8 Å². The van der Waals surface area contributed by atoms with Crippen molar-refractivity contribution in [3.63, 3.8) is 0 Å². The fourth-order valence-corrected chi connectivity index (χ4v) is 3.84. The van der Waals surface area contributed by atoms with Gasteiger partial charge < -0.3 is 14.4 Å². The molecule has 4 heterocycles. The molecule has 2 aromatic heterocycles. The number of ether oxygens (including phenoxy) is 2. The fraction of sp³-hybridized carbons (Fsp3) is 0.438. The lowest BCUT2D eigenvalue weighted by Gasteiger charge is -2.31. The number of rotatable bonds is 3. The first-order chi connectivity index (χ1) is 11.7. The zero-order chi connectivity index (χ0) is 16.5. The molecule has 126 valence electrons. The molecule has 0 aliphatic carbocycles. The molecule has 2 aliphatic heterocycles. The third-order valence-electron chi connectivity index (χ3n) is 4.38. The summed E-state index contributed by atoms with van der Waals surface area (Å²) in [6.07, 6.45) is 2.48. The molecule has 1 amide bonds. The molecule has 2 aromatic rings. The number of hydrogen-bond acceptors (Lipinski definition) is 6. The Morgan fingerprint density at radius 3 is 3.17 bits per heavy atom. The second-order valence-electron chi connectivity index (χ2n) is 5.82. The van der Waals surface area contributed by atoms with Crippen LogP contribution in [0.3, 0.4) is 0 Å². The van der Waals surface area contributed by atoms with Crippen LogP contribution in [-0.2, 0) is 4.74 Å². The summed E-state index contributed by atoms with van der Waals surface area (Å²) in [7, 11) is 0. The first kappa shape index (κ1) is 15.5. The molecule has 0 unspecified atom stereocenters. The largest absolute Gasteiger partial charge is 0.468 e. The molecule has 2 aliphatic rings. The van der Waals surface area contributed by atoms with Crippen molar-refractivity contribution in [2.75, 3.05) is 13.2 Å². The van der Waals surface area contributed by atoms with Crippen LogP contribution in [0, 0.1) is 5.82 Å². The first-order valence-electron chi connectivity index (χ1n) is 7.82. The molecule has 0 aromatic carbocycles. The van der Waals surface area contributed by atoms with E-state index in [1.807, 2.05) is 0 Å². The lowest BCUT2D eigenvalue weighted by molar-refractivity contribution is -0.0462. The van der Waals surface area contributed by atoms with Crippen molar-refractivity contribution in [3.05, 3.63) is 40.7 Å². The van der Waals surface area contributed by atoms with E-state index in [0.29, 0.717) is 18.8 Å². The van der Waals surface area contributed by atoms with Gasteiger partial charge in [-0.05, 0) is 25.0 Å². The predicted octanol–water partition coefficient (Wildman–Crippen LogP) is 2.13. The minimum atomic E-state index is -0.519. The maximum Gasteiger partial charge on any atom is 0.273 e. The van der Waals surface area contributed by atoms with E-state index in [2.05, 4.69) is 9.97 Å². The highest BCUT2D eigenvalue weighted by atomic mass is 32.1. The van der Waals surface area contributed by atoms with Gasteiger partial charge in [-0.1, -0.05) is 0 Å². The van der Waals surface area contributed by atoms with E-state index in [4.69, 9.17) is 9.47 Å². The number of nitrogens with zero attached hydrogens (tertiary/aromatic N) is 3. The van der Waals surface area contributed by atoms with Crippen molar-refractivity contribution in [2.24, 2.45) is 0 Å². The summed E-state index contributed by atoms with van der Waals surface area (Å²) >= 11 is 1.38. The number of pyridine rings is 1. The minimum Gasteiger partial charge on any atom is -0.468 e. The smallest absolute Gasteiger partial charge is 0.273 e. The molecule has 2 saturated heterocycles. The predicted molar refractivity (Wildman–Crippen MR) is 84.5 cm³/mol. The topological polar surface area (TPSA) is 64.6 Å². The third kappa shape index (κ3) is 2.76. The molecule has 24 heavy (non-hydrogen) atoms. The molecule has 0 spiro atoms. The fourth-order valence-electron chi connectivity index (χ4n) is 3.31. The van der Waals surface area contributed by atoms with Crippen LogP contribution in [0.1, 0.15) is 23.3 Å². The van der Waals surface area contributed by atoms with Gasteiger partial charge >= 0.3 is 0 Å². The first-order valence-corrected chi connectivity index (χ1v) is 8.76. The second kappa shape index (κ2) is 6.45. The number of likely N-dealkylation sites (tertiary alicyclic amines) is 1. The Morgan fingerprint density at radius 2 is 2.38 bits per heavy atom. The molecule has 6 nitrogen and oxygen atoms in total. The van der Waals surface area contributed by atoms with Gasteiger partial charge in [0.1, 0.15) is 17.9 Å². The van der Waals surface area contributed by atoms with Crippen LogP contribution in [0.5, 0.6) is 5.88 Å². The van der Waals surface area contributed by atoms with Crippen molar-refractivity contribution in [1.82, 2.24) is 14.9 Å². The van der Waals surface area contributed by atoms with E-state index in [1.54, 1.807) is 15.8 Å². The van der Waals surface area contributed by atoms with Crippen LogP contribution in [0.4, 0.5) is 4.39 Å². The number of aromatic nitrogens is 2. The van der Waals surface area contributed by atoms with E-state index < -0.39 is 11.9 Å². The van der Waals surface area contributed by atoms with Crippen LogP contribution < -0.4 is 4.74 Å². The maximum absolute atomic E-state index is 13.8. The Balaban J connectivity index is 1.57. The number of hydrogen-bond donors (Lipinski definition) is 0. The molecule has 2 fully saturated rings. The van der Waals surface area contributed by atoms with Gasteiger partial charge in [0.15, 0.2) is 5.82 Å². The van der Waals surface area contributed by atoms with Crippen LogP contribution in [-0.4, -0.2) is 52.2 Å². The zero-order valence-corrected chi connectivity index (χ0v) is 13.6. The summed E-state index contributed by atoms with van der Waals surface area (Å²) in [5.41, 5.74) is 2.06. The highest BCUT2D eigenvalue weighted by Crippen LogP contribution is 2.32. The van der Waals surface area contributed by atoms with Crippen molar-refractivity contribution >= 4 is 17.2 Å². The molecule has 8 heteroatoms. The monoisotopic (exact) mass is 349 g/mol. The van der Waals surface area contributed by atoms with Crippen molar-refractivity contribution < 1.29 is 18.7 Å². The summed E-state index contributed by atoms with van der Waals surface area (Å²) in [6, 6.07) is 2.73. The average Bonchev–Trinajstić information content (AvgIpc) is 3.25. The minimum absolute atomic E-state index is 0.0571. The Kier molecular flexibility index (Phi) is 4.15. The average molecular weight is 349 g/mol. The Bertz CT molecular complexity index is 727. The van der Waals surface area contributed by atoms with Gasteiger partial charge in [0.2, 0.25) is 0 Å². The quantitative estimate of drug-likeness (QED) is 0.849. The normalized spacial score (nSPS) is 26.2. The number of thiazole rings is 1. The third-order valence-corrected chi connectivity index (χ3v) is 4.96.